The van der Waals surface area contributed by atoms with Gasteiger partial charge in [0, 0.05) is 9.79 Å². The molecule has 0 atom stereocenters. The lowest BCUT2D eigenvalue weighted by Crippen LogP contribution is -1.76. The van der Waals surface area contributed by atoms with Crippen LogP contribution >= 0.6 is 24.4 Å². The van der Waals surface area contributed by atoms with Crippen LogP contribution in [0.15, 0.2) is 28.3 Å². The lowest BCUT2D eigenvalue weighted by atomic mass is 10.3. The van der Waals surface area contributed by atoms with E-state index < -0.39 is 0 Å². The largest absolute Gasteiger partial charge is 0.345 e. The smallest absolute Gasteiger partial charge is 0.0931 e. The first-order valence-electron chi connectivity index (χ1n) is 3.51. The van der Waals surface area contributed by atoms with E-state index in [1.54, 1.807) is 18.1 Å². The summed E-state index contributed by atoms with van der Waals surface area (Å²) in [6.07, 6.45) is 3.73. The lowest BCUT2D eigenvalue weighted by Gasteiger charge is -1.99. The van der Waals surface area contributed by atoms with Crippen LogP contribution in [0.3, 0.4) is 0 Å². The second kappa shape index (κ2) is 3.03. The Labute approximate surface area is 80.2 Å². The highest BCUT2D eigenvalue weighted by Crippen LogP contribution is 2.27. The van der Waals surface area contributed by atoms with Crippen LogP contribution in [0, 0.1) is 0 Å². The molecule has 0 unspecified atom stereocenters. The van der Waals surface area contributed by atoms with Gasteiger partial charge in [-0.2, -0.15) is 0 Å². The van der Waals surface area contributed by atoms with Crippen LogP contribution in [0.25, 0.3) is 11.0 Å². The van der Waals surface area contributed by atoms with Gasteiger partial charge in [0.2, 0.25) is 0 Å². The number of aromatic amines is 1. The molecule has 0 saturated carbocycles. The number of imidazole rings is 1. The van der Waals surface area contributed by atoms with Gasteiger partial charge >= 0.3 is 0 Å². The summed E-state index contributed by atoms with van der Waals surface area (Å²) < 4.78 is 0. The fourth-order valence-electron chi connectivity index (χ4n) is 1.11. The number of aromatic nitrogens is 2. The van der Waals surface area contributed by atoms with E-state index in [2.05, 4.69) is 22.6 Å². The van der Waals surface area contributed by atoms with Crippen LogP contribution in [0.1, 0.15) is 0 Å². The minimum absolute atomic E-state index is 0.997. The Hall–Kier alpha value is -0.610. The Morgan fingerprint density at radius 3 is 3.08 bits per heavy atom. The highest BCUT2D eigenvalue weighted by atomic mass is 32.2. The Morgan fingerprint density at radius 2 is 2.33 bits per heavy atom. The van der Waals surface area contributed by atoms with E-state index in [1.807, 2.05) is 18.4 Å². The zero-order chi connectivity index (χ0) is 8.55. The SMILES string of the molecule is CSc1cc2nc[nH]c2cc1S. The molecule has 62 valence electrons. The summed E-state index contributed by atoms with van der Waals surface area (Å²) in [4.78, 5) is 9.37. The van der Waals surface area contributed by atoms with E-state index in [4.69, 9.17) is 0 Å². The molecule has 1 heterocycles. The average Bonchev–Trinajstić information content (AvgIpc) is 2.49. The number of nitrogens with zero attached hydrogens (tertiary/aromatic N) is 1. The quantitative estimate of drug-likeness (QED) is 0.542. The molecule has 0 bridgehead atoms. The van der Waals surface area contributed by atoms with E-state index in [1.165, 1.54) is 0 Å². The van der Waals surface area contributed by atoms with Gasteiger partial charge in [0.1, 0.15) is 0 Å². The van der Waals surface area contributed by atoms with E-state index in [0.717, 1.165) is 20.8 Å². The van der Waals surface area contributed by atoms with Crippen molar-refractivity contribution >= 4 is 35.4 Å². The van der Waals surface area contributed by atoms with Crippen LogP contribution in [0.5, 0.6) is 0 Å². The normalized spacial score (nSPS) is 10.8. The van der Waals surface area contributed by atoms with Gasteiger partial charge in [-0.05, 0) is 18.4 Å². The summed E-state index contributed by atoms with van der Waals surface area (Å²) in [7, 11) is 0. The minimum atomic E-state index is 0.997. The molecule has 0 aliphatic carbocycles. The monoisotopic (exact) mass is 196 g/mol. The summed E-state index contributed by atoms with van der Waals surface area (Å²) in [6, 6.07) is 4.04. The number of thioether (sulfide) groups is 1. The lowest BCUT2D eigenvalue weighted by molar-refractivity contribution is 1.28. The van der Waals surface area contributed by atoms with Crippen molar-refractivity contribution in [2.75, 3.05) is 6.26 Å². The molecule has 2 nitrogen and oxygen atoms in total. The number of H-pyrrole nitrogens is 1. The second-order valence-electron chi connectivity index (χ2n) is 2.44. The number of benzene rings is 1. The van der Waals surface area contributed by atoms with E-state index in [9.17, 15) is 0 Å². The van der Waals surface area contributed by atoms with E-state index in [-0.39, 0.29) is 0 Å². The van der Waals surface area contributed by atoms with Crippen LogP contribution in [-0.4, -0.2) is 16.2 Å². The molecule has 0 saturated heterocycles. The molecule has 0 amide bonds. The van der Waals surface area contributed by atoms with Crippen molar-refractivity contribution in [3.05, 3.63) is 18.5 Å². The molecule has 4 heteroatoms. The molecule has 0 aliphatic rings. The van der Waals surface area contributed by atoms with E-state index >= 15 is 0 Å². The predicted molar refractivity (Wildman–Crippen MR) is 55.1 cm³/mol. The van der Waals surface area contributed by atoms with Gasteiger partial charge in [-0.1, -0.05) is 0 Å². The molecule has 1 N–H and O–H groups in total. The predicted octanol–water partition coefficient (Wildman–Crippen LogP) is 2.57. The van der Waals surface area contributed by atoms with Crippen molar-refractivity contribution in [1.29, 1.82) is 0 Å². The van der Waals surface area contributed by atoms with Gasteiger partial charge in [-0.3, -0.25) is 0 Å². The number of thiol groups is 1. The maximum Gasteiger partial charge on any atom is 0.0931 e. The Kier molecular flexibility index (Phi) is 2.02. The van der Waals surface area contributed by atoms with Gasteiger partial charge in [0.05, 0.1) is 17.4 Å². The third-order valence-electron chi connectivity index (χ3n) is 1.72. The minimum Gasteiger partial charge on any atom is -0.345 e. The number of rotatable bonds is 1. The zero-order valence-electron chi connectivity index (χ0n) is 6.53. The van der Waals surface area contributed by atoms with Gasteiger partial charge < -0.3 is 4.98 Å². The van der Waals surface area contributed by atoms with Gasteiger partial charge in [-0.15, -0.1) is 24.4 Å². The maximum absolute atomic E-state index is 4.36. The Balaban J connectivity index is 2.73. The van der Waals surface area contributed by atoms with Gasteiger partial charge in [0.15, 0.2) is 0 Å². The van der Waals surface area contributed by atoms with Crippen molar-refractivity contribution < 1.29 is 0 Å². The number of hydrogen-bond donors (Lipinski definition) is 2. The van der Waals surface area contributed by atoms with Crippen molar-refractivity contribution in [1.82, 2.24) is 9.97 Å². The molecule has 2 aromatic rings. The highest BCUT2D eigenvalue weighted by Gasteiger charge is 2.01. The van der Waals surface area contributed by atoms with Crippen LogP contribution in [0.4, 0.5) is 0 Å². The highest BCUT2D eigenvalue weighted by molar-refractivity contribution is 7.99. The molecule has 0 aliphatic heterocycles. The number of fused-ring (bicyclic) bond motifs is 1. The molecule has 0 spiro atoms. The summed E-state index contributed by atoms with van der Waals surface area (Å²) in [5.41, 5.74) is 2.04. The van der Waals surface area contributed by atoms with Crippen molar-refractivity contribution in [3.63, 3.8) is 0 Å². The van der Waals surface area contributed by atoms with Crippen LogP contribution < -0.4 is 0 Å². The Bertz CT molecular complexity index is 408. The van der Waals surface area contributed by atoms with Gasteiger partial charge in [0.25, 0.3) is 0 Å². The first-order chi connectivity index (χ1) is 5.81. The third kappa shape index (κ3) is 1.21. The molecular weight excluding hydrogens is 188 g/mol. The molecule has 1 aromatic heterocycles. The first-order valence-corrected chi connectivity index (χ1v) is 5.18. The summed E-state index contributed by atoms with van der Waals surface area (Å²) in [6.45, 7) is 0. The van der Waals surface area contributed by atoms with Gasteiger partial charge in [-0.25, -0.2) is 4.98 Å². The molecule has 0 radical (unpaired) electrons. The third-order valence-corrected chi connectivity index (χ3v) is 3.02. The van der Waals surface area contributed by atoms with Crippen LogP contribution in [0.2, 0.25) is 0 Å². The zero-order valence-corrected chi connectivity index (χ0v) is 8.25. The second-order valence-corrected chi connectivity index (χ2v) is 3.77. The van der Waals surface area contributed by atoms with Crippen molar-refractivity contribution in [3.8, 4) is 0 Å². The topological polar surface area (TPSA) is 28.7 Å². The average molecular weight is 196 g/mol. The first kappa shape index (κ1) is 8.01. The van der Waals surface area contributed by atoms with Crippen molar-refractivity contribution in [2.24, 2.45) is 0 Å². The number of nitrogens with one attached hydrogen (secondary N) is 1. The molecular formula is C8H8N2S2. The molecule has 2 rings (SSSR count). The summed E-state index contributed by atoms with van der Waals surface area (Å²) in [5, 5.41) is 0. The molecule has 0 fully saturated rings. The van der Waals surface area contributed by atoms with Crippen molar-refractivity contribution in [2.45, 2.75) is 9.79 Å². The molecule has 12 heavy (non-hydrogen) atoms. The van der Waals surface area contributed by atoms with Crippen LogP contribution in [-0.2, 0) is 0 Å². The standard InChI is InChI=1S/C8H8N2S2/c1-12-8-3-6-5(2-7(8)11)9-4-10-6/h2-4,11H,1H3,(H,9,10). The summed E-state index contributed by atoms with van der Waals surface area (Å²) in [5.74, 6) is 0. The fraction of sp³-hybridized carbons (Fsp3) is 0.125. The fourth-order valence-corrected chi connectivity index (χ4v) is 2.08. The summed E-state index contributed by atoms with van der Waals surface area (Å²) >= 11 is 6.04. The molecule has 1 aromatic carbocycles. The number of hydrogen-bond acceptors (Lipinski definition) is 3. The van der Waals surface area contributed by atoms with E-state index in [0.29, 0.717) is 0 Å². The maximum atomic E-state index is 4.36. The Morgan fingerprint density at radius 1 is 1.50 bits per heavy atom.